The van der Waals surface area contributed by atoms with Crippen molar-refractivity contribution in [1.82, 2.24) is 15.1 Å². The van der Waals surface area contributed by atoms with Crippen molar-refractivity contribution in [2.24, 2.45) is 5.92 Å². The second-order valence-electron chi connectivity index (χ2n) is 10.8. The second-order valence-corrected chi connectivity index (χ2v) is 10.8. The zero-order valence-electron chi connectivity index (χ0n) is 24.8. The van der Waals surface area contributed by atoms with Crippen LogP contribution in [0, 0.1) is 5.92 Å². The summed E-state index contributed by atoms with van der Waals surface area (Å²) in [5.41, 5.74) is 2.19. The number of anilines is 1. The third kappa shape index (κ3) is 9.84. The first kappa shape index (κ1) is 31.0. The summed E-state index contributed by atoms with van der Waals surface area (Å²) in [7, 11) is 3.72. The van der Waals surface area contributed by atoms with E-state index in [1.807, 2.05) is 63.4 Å². The molecule has 1 heterocycles. The Hall–Kier alpha value is -2.57. The molecule has 2 aromatic rings. The average Bonchev–Trinajstić information content (AvgIpc) is 3.44. The highest BCUT2D eigenvalue weighted by molar-refractivity contribution is 5.89. The molecule has 1 aliphatic carbocycles. The fourth-order valence-corrected chi connectivity index (χ4v) is 6.17. The number of carbonyl (C=O) groups is 1. The van der Waals surface area contributed by atoms with Crippen molar-refractivity contribution in [2.75, 3.05) is 45.7 Å². The van der Waals surface area contributed by atoms with E-state index in [0.717, 1.165) is 56.9 Å². The standard InChI is InChI=1S/C31H46N4O2.C2H6/c1-32-23-29(22-26-10-5-3-6-11-26)35(31(36)33-27-12-7-4-8-13-27)24-28-14-9-20-34(28)21-19-25-15-17-30(37-2)18-16-25;1-2/h4,7-8,12-13,15-18,26,28-29,32H,3,5-6,9-11,14,19-24H2,1-2H3,(H,33,36);1-2H3/t28-,29+;/m0./s1. The fraction of sp³-hybridized carbons (Fsp3) is 0.606. The van der Waals surface area contributed by atoms with Gasteiger partial charge in [0.25, 0.3) is 0 Å². The number of urea groups is 1. The second kappa shape index (κ2) is 17.2. The number of methoxy groups -OCH3 is 1. The van der Waals surface area contributed by atoms with Crippen LogP contribution in [0.2, 0.25) is 0 Å². The van der Waals surface area contributed by atoms with Gasteiger partial charge in [0.2, 0.25) is 0 Å². The topological polar surface area (TPSA) is 56.8 Å². The lowest BCUT2D eigenvalue weighted by Gasteiger charge is -2.38. The number of likely N-dealkylation sites (N-methyl/N-ethyl adjacent to an activating group) is 1. The lowest BCUT2D eigenvalue weighted by molar-refractivity contribution is 0.133. The number of benzene rings is 2. The first-order chi connectivity index (χ1) is 19.2. The van der Waals surface area contributed by atoms with Crippen LogP contribution in [0.1, 0.15) is 70.8 Å². The number of para-hydroxylation sites is 1. The lowest BCUT2D eigenvalue weighted by Crippen LogP contribution is -2.53. The molecular formula is C33H52N4O2. The van der Waals surface area contributed by atoms with Crippen LogP contribution < -0.4 is 15.4 Å². The molecular weight excluding hydrogens is 484 g/mol. The maximum absolute atomic E-state index is 13.8. The summed E-state index contributed by atoms with van der Waals surface area (Å²) in [6.07, 6.45) is 11.0. The van der Waals surface area contributed by atoms with E-state index < -0.39 is 0 Å². The molecule has 1 saturated heterocycles. The van der Waals surface area contributed by atoms with Gasteiger partial charge in [-0.05, 0) is 75.0 Å². The summed E-state index contributed by atoms with van der Waals surface area (Å²) >= 11 is 0. The minimum absolute atomic E-state index is 0.0317. The van der Waals surface area contributed by atoms with E-state index >= 15 is 0 Å². The highest BCUT2D eigenvalue weighted by Crippen LogP contribution is 2.30. The van der Waals surface area contributed by atoms with E-state index in [1.165, 1.54) is 44.1 Å². The van der Waals surface area contributed by atoms with Crippen molar-refractivity contribution < 1.29 is 9.53 Å². The SMILES string of the molecule is CC.CNC[C@@H](CC1CCCCC1)N(C[C@@H]1CCCN1CCc1ccc(OC)cc1)C(=O)Nc1ccccc1. The van der Waals surface area contributed by atoms with Gasteiger partial charge in [-0.25, -0.2) is 4.79 Å². The Morgan fingerprint density at radius 1 is 1.00 bits per heavy atom. The molecule has 0 radical (unpaired) electrons. The molecule has 2 aromatic carbocycles. The van der Waals surface area contributed by atoms with Crippen LogP contribution >= 0.6 is 0 Å². The summed E-state index contributed by atoms with van der Waals surface area (Å²) in [6.45, 7) is 7.73. The Morgan fingerprint density at radius 3 is 2.38 bits per heavy atom. The number of amides is 2. The maximum atomic E-state index is 13.8. The summed E-state index contributed by atoms with van der Waals surface area (Å²) < 4.78 is 5.31. The molecule has 0 aromatic heterocycles. The van der Waals surface area contributed by atoms with E-state index in [2.05, 4.69) is 32.6 Å². The van der Waals surface area contributed by atoms with Crippen LogP contribution in [0.5, 0.6) is 5.75 Å². The quantitative estimate of drug-likeness (QED) is 0.312. The number of hydrogen-bond donors (Lipinski definition) is 2. The molecule has 2 amide bonds. The number of rotatable bonds is 12. The van der Waals surface area contributed by atoms with Gasteiger partial charge in [0, 0.05) is 37.4 Å². The van der Waals surface area contributed by atoms with E-state index in [-0.39, 0.29) is 12.1 Å². The molecule has 0 bridgehead atoms. The summed E-state index contributed by atoms with van der Waals surface area (Å²) in [5.74, 6) is 1.62. The van der Waals surface area contributed by atoms with Gasteiger partial charge in [0.1, 0.15) is 5.75 Å². The minimum atomic E-state index is 0.0317. The zero-order valence-corrected chi connectivity index (χ0v) is 24.8. The van der Waals surface area contributed by atoms with Gasteiger partial charge in [-0.1, -0.05) is 76.3 Å². The number of hydrogen-bond acceptors (Lipinski definition) is 4. The first-order valence-electron chi connectivity index (χ1n) is 15.3. The van der Waals surface area contributed by atoms with Crippen LogP contribution in [0.15, 0.2) is 54.6 Å². The number of likely N-dealkylation sites (tertiary alicyclic amines) is 1. The number of nitrogens with one attached hydrogen (secondary N) is 2. The third-order valence-electron chi connectivity index (χ3n) is 8.25. The predicted octanol–water partition coefficient (Wildman–Crippen LogP) is 6.82. The maximum Gasteiger partial charge on any atom is 0.322 e. The highest BCUT2D eigenvalue weighted by Gasteiger charge is 2.33. The largest absolute Gasteiger partial charge is 0.497 e. The predicted molar refractivity (Wildman–Crippen MR) is 164 cm³/mol. The molecule has 6 nitrogen and oxygen atoms in total. The minimum Gasteiger partial charge on any atom is -0.497 e. The van der Waals surface area contributed by atoms with Crippen LogP contribution in [0.3, 0.4) is 0 Å². The molecule has 1 saturated carbocycles. The molecule has 6 heteroatoms. The van der Waals surface area contributed by atoms with Gasteiger partial charge < -0.3 is 20.3 Å². The van der Waals surface area contributed by atoms with Crippen molar-refractivity contribution in [3.8, 4) is 5.75 Å². The molecule has 2 fully saturated rings. The van der Waals surface area contributed by atoms with Gasteiger partial charge in [0.05, 0.1) is 7.11 Å². The molecule has 2 atom stereocenters. The smallest absolute Gasteiger partial charge is 0.322 e. The van der Waals surface area contributed by atoms with Gasteiger partial charge in [0.15, 0.2) is 0 Å². The third-order valence-corrected chi connectivity index (χ3v) is 8.25. The average molecular weight is 537 g/mol. The van der Waals surface area contributed by atoms with Crippen LogP contribution in [-0.2, 0) is 6.42 Å². The van der Waals surface area contributed by atoms with Crippen molar-refractivity contribution in [2.45, 2.75) is 83.7 Å². The zero-order chi connectivity index (χ0) is 27.9. The molecule has 0 unspecified atom stereocenters. The van der Waals surface area contributed by atoms with Gasteiger partial charge in [-0.3, -0.25) is 4.90 Å². The molecule has 0 spiro atoms. The van der Waals surface area contributed by atoms with Crippen molar-refractivity contribution >= 4 is 11.7 Å². The summed E-state index contributed by atoms with van der Waals surface area (Å²) in [6, 6.07) is 18.9. The van der Waals surface area contributed by atoms with E-state index in [0.29, 0.717) is 12.0 Å². The van der Waals surface area contributed by atoms with E-state index in [1.54, 1.807) is 7.11 Å². The fourth-order valence-electron chi connectivity index (χ4n) is 6.17. The Balaban J connectivity index is 0.00000205. The number of carbonyl (C=O) groups excluding carboxylic acids is 1. The van der Waals surface area contributed by atoms with Crippen molar-refractivity contribution in [1.29, 1.82) is 0 Å². The van der Waals surface area contributed by atoms with Gasteiger partial charge >= 0.3 is 6.03 Å². The van der Waals surface area contributed by atoms with Gasteiger partial charge in [-0.15, -0.1) is 0 Å². The van der Waals surface area contributed by atoms with Crippen LogP contribution in [0.4, 0.5) is 10.5 Å². The number of nitrogens with zero attached hydrogens (tertiary/aromatic N) is 2. The Bertz CT molecular complexity index is 930. The summed E-state index contributed by atoms with van der Waals surface area (Å²) in [4.78, 5) is 18.5. The summed E-state index contributed by atoms with van der Waals surface area (Å²) in [5, 5.41) is 6.61. The molecule has 4 rings (SSSR count). The van der Waals surface area contributed by atoms with Crippen molar-refractivity contribution in [3.63, 3.8) is 0 Å². The van der Waals surface area contributed by atoms with Crippen LogP contribution in [-0.4, -0.2) is 68.3 Å². The molecule has 39 heavy (non-hydrogen) atoms. The number of ether oxygens (including phenoxy) is 1. The molecule has 216 valence electrons. The van der Waals surface area contributed by atoms with E-state index in [4.69, 9.17) is 4.74 Å². The van der Waals surface area contributed by atoms with Crippen molar-refractivity contribution in [3.05, 3.63) is 60.2 Å². The highest BCUT2D eigenvalue weighted by atomic mass is 16.5. The lowest BCUT2D eigenvalue weighted by atomic mass is 9.84. The first-order valence-corrected chi connectivity index (χ1v) is 15.3. The van der Waals surface area contributed by atoms with Gasteiger partial charge in [-0.2, -0.15) is 0 Å². The molecule has 1 aliphatic heterocycles. The Kier molecular flexibility index (Phi) is 13.6. The molecule has 2 N–H and O–H groups in total. The normalized spacial score (nSPS) is 18.6. The van der Waals surface area contributed by atoms with E-state index in [9.17, 15) is 4.79 Å². The molecule has 2 aliphatic rings. The Morgan fingerprint density at radius 2 is 1.72 bits per heavy atom. The Labute approximate surface area is 237 Å². The monoisotopic (exact) mass is 536 g/mol. The van der Waals surface area contributed by atoms with Crippen LogP contribution in [0.25, 0.3) is 0 Å².